The van der Waals surface area contributed by atoms with E-state index in [0.29, 0.717) is 22.8 Å². The fourth-order valence-corrected chi connectivity index (χ4v) is 3.39. The number of benzene rings is 2. The van der Waals surface area contributed by atoms with E-state index in [9.17, 15) is 13.0 Å². The van der Waals surface area contributed by atoms with Gasteiger partial charge in [-0.25, -0.2) is 8.78 Å². The second-order valence-electron chi connectivity index (χ2n) is 4.66. The van der Waals surface area contributed by atoms with Gasteiger partial charge >= 0.3 is 0 Å². The molecule has 2 aromatic rings. The Morgan fingerprint density at radius 2 is 1.80 bits per heavy atom. The normalized spacial score (nSPS) is 18.4. The van der Waals surface area contributed by atoms with Crippen LogP contribution in [0.4, 0.5) is 8.78 Å². The summed E-state index contributed by atoms with van der Waals surface area (Å²) in [5.41, 5.74) is 0.797. The second-order valence-corrected chi connectivity index (χ2v) is 6.16. The number of ether oxygens (including phenoxy) is 1. The highest BCUT2D eigenvalue weighted by Gasteiger charge is 2.25. The van der Waals surface area contributed by atoms with Gasteiger partial charge in [-0.3, -0.25) is 4.21 Å². The summed E-state index contributed by atoms with van der Waals surface area (Å²) in [6.45, 7) is 0. The summed E-state index contributed by atoms with van der Waals surface area (Å²) >= 11 is 0. The van der Waals surface area contributed by atoms with Crippen molar-refractivity contribution in [2.45, 2.75) is 17.4 Å². The van der Waals surface area contributed by atoms with Crippen molar-refractivity contribution < 1.29 is 17.7 Å². The van der Waals surface area contributed by atoms with E-state index in [1.807, 2.05) is 0 Å². The molecule has 3 rings (SSSR count). The van der Waals surface area contributed by atoms with Crippen LogP contribution in [0, 0.1) is 11.6 Å². The zero-order valence-electron chi connectivity index (χ0n) is 10.5. The lowest BCUT2D eigenvalue weighted by Crippen LogP contribution is -2.21. The molecule has 0 aliphatic carbocycles. The minimum Gasteiger partial charge on any atom is -0.489 e. The van der Waals surface area contributed by atoms with Gasteiger partial charge in [0.25, 0.3) is 0 Å². The van der Waals surface area contributed by atoms with Gasteiger partial charge in [0.1, 0.15) is 23.5 Å². The molecule has 2 nitrogen and oxygen atoms in total. The van der Waals surface area contributed by atoms with Crippen LogP contribution in [0.15, 0.2) is 47.4 Å². The number of rotatable bonds is 3. The first kappa shape index (κ1) is 13.2. The SMILES string of the molecule is O=S(CC1Cc2cc(F)ccc2O1)c1ccc(F)cc1. The van der Waals surface area contributed by atoms with E-state index < -0.39 is 10.8 Å². The largest absolute Gasteiger partial charge is 0.489 e. The molecule has 0 fully saturated rings. The van der Waals surface area contributed by atoms with Crippen LogP contribution in [-0.2, 0) is 17.2 Å². The van der Waals surface area contributed by atoms with Gasteiger partial charge in [0.15, 0.2) is 0 Å². The smallest absolute Gasteiger partial charge is 0.123 e. The van der Waals surface area contributed by atoms with Crippen LogP contribution in [0.1, 0.15) is 5.56 Å². The molecule has 0 amide bonds. The molecule has 104 valence electrons. The molecule has 0 saturated heterocycles. The van der Waals surface area contributed by atoms with Crippen LogP contribution in [0.5, 0.6) is 5.75 Å². The van der Waals surface area contributed by atoms with Crippen LogP contribution < -0.4 is 4.74 Å². The molecule has 2 unspecified atom stereocenters. The lowest BCUT2D eigenvalue weighted by Gasteiger charge is -2.10. The molecule has 1 aliphatic rings. The molecular formula is C15H12F2O2S. The molecular weight excluding hydrogens is 282 g/mol. The van der Waals surface area contributed by atoms with Gasteiger partial charge in [0, 0.05) is 16.9 Å². The standard InChI is InChI=1S/C15H12F2O2S/c16-11-1-4-14(5-2-11)20(18)9-13-8-10-7-12(17)3-6-15(10)19-13/h1-7,13H,8-9H2. The third kappa shape index (κ3) is 2.72. The summed E-state index contributed by atoms with van der Waals surface area (Å²) in [5, 5.41) is 0. The topological polar surface area (TPSA) is 26.3 Å². The predicted molar refractivity (Wildman–Crippen MR) is 72.2 cm³/mol. The summed E-state index contributed by atoms with van der Waals surface area (Å²) in [6.07, 6.45) is 0.303. The Morgan fingerprint density at radius 1 is 1.10 bits per heavy atom. The Hall–Kier alpha value is -1.75. The van der Waals surface area contributed by atoms with Gasteiger partial charge < -0.3 is 4.74 Å². The first-order chi connectivity index (χ1) is 9.61. The van der Waals surface area contributed by atoms with Crippen LogP contribution in [0.25, 0.3) is 0 Å². The van der Waals surface area contributed by atoms with E-state index in [-0.39, 0.29) is 17.7 Å². The van der Waals surface area contributed by atoms with E-state index in [0.717, 1.165) is 5.56 Å². The Bertz CT molecular complexity index is 655. The Morgan fingerprint density at radius 3 is 2.55 bits per heavy atom. The highest BCUT2D eigenvalue weighted by molar-refractivity contribution is 7.85. The van der Waals surface area contributed by atoms with E-state index in [1.54, 1.807) is 6.07 Å². The maximum absolute atomic E-state index is 13.1. The van der Waals surface area contributed by atoms with Gasteiger partial charge in [0.05, 0.1) is 16.6 Å². The highest BCUT2D eigenvalue weighted by Crippen LogP contribution is 2.30. The minimum atomic E-state index is -1.26. The summed E-state index contributed by atoms with van der Waals surface area (Å²) in [7, 11) is -1.26. The molecule has 1 heterocycles. The zero-order valence-corrected chi connectivity index (χ0v) is 11.3. The van der Waals surface area contributed by atoms with Crippen molar-refractivity contribution in [1.82, 2.24) is 0 Å². The minimum absolute atomic E-state index is 0.238. The van der Waals surface area contributed by atoms with Crippen molar-refractivity contribution in [3.05, 3.63) is 59.7 Å². The maximum atomic E-state index is 13.1. The van der Waals surface area contributed by atoms with E-state index in [4.69, 9.17) is 4.74 Å². The fraction of sp³-hybridized carbons (Fsp3) is 0.200. The van der Waals surface area contributed by atoms with Crippen molar-refractivity contribution in [3.63, 3.8) is 0 Å². The van der Waals surface area contributed by atoms with Crippen molar-refractivity contribution in [2.24, 2.45) is 0 Å². The molecule has 5 heteroatoms. The molecule has 2 atom stereocenters. The number of hydrogen-bond donors (Lipinski definition) is 0. The third-order valence-electron chi connectivity index (χ3n) is 3.18. The van der Waals surface area contributed by atoms with Crippen LogP contribution in [0.2, 0.25) is 0 Å². The van der Waals surface area contributed by atoms with Gasteiger partial charge in [0.2, 0.25) is 0 Å². The lowest BCUT2D eigenvalue weighted by atomic mass is 10.1. The van der Waals surface area contributed by atoms with Gasteiger partial charge in [-0.1, -0.05) is 0 Å². The van der Waals surface area contributed by atoms with Crippen LogP contribution in [-0.4, -0.2) is 16.1 Å². The number of halogens is 2. The molecule has 20 heavy (non-hydrogen) atoms. The first-order valence-electron chi connectivity index (χ1n) is 6.21. The van der Waals surface area contributed by atoms with Crippen LogP contribution in [0.3, 0.4) is 0 Å². The molecule has 0 bridgehead atoms. The summed E-state index contributed by atoms with van der Waals surface area (Å²) < 4.78 is 43.7. The van der Waals surface area contributed by atoms with Gasteiger partial charge in [-0.15, -0.1) is 0 Å². The van der Waals surface area contributed by atoms with E-state index in [2.05, 4.69) is 0 Å². The maximum Gasteiger partial charge on any atom is 0.123 e. The van der Waals surface area contributed by atoms with Crippen molar-refractivity contribution in [3.8, 4) is 5.75 Å². The third-order valence-corrected chi connectivity index (χ3v) is 4.65. The molecule has 1 aliphatic heterocycles. The first-order valence-corrected chi connectivity index (χ1v) is 7.53. The van der Waals surface area contributed by atoms with Gasteiger partial charge in [-0.2, -0.15) is 0 Å². The average Bonchev–Trinajstić information content (AvgIpc) is 2.80. The predicted octanol–water partition coefficient (Wildman–Crippen LogP) is 3.08. The van der Waals surface area contributed by atoms with Crippen molar-refractivity contribution >= 4 is 10.8 Å². The fourth-order valence-electron chi connectivity index (χ4n) is 2.23. The number of hydrogen-bond acceptors (Lipinski definition) is 2. The molecule has 0 aromatic heterocycles. The Balaban J connectivity index is 1.68. The summed E-state index contributed by atoms with van der Waals surface area (Å²) in [5.74, 6) is 0.299. The highest BCUT2D eigenvalue weighted by atomic mass is 32.2. The molecule has 0 N–H and O–H groups in total. The molecule has 0 radical (unpaired) electrons. The second kappa shape index (κ2) is 5.32. The average molecular weight is 294 g/mol. The zero-order chi connectivity index (χ0) is 14.1. The van der Waals surface area contributed by atoms with Crippen LogP contribution >= 0.6 is 0 Å². The monoisotopic (exact) mass is 294 g/mol. The summed E-state index contributed by atoms with van der Waals surface area (Å²) in [6, 6.07) is 9.96. The number of fused-ring (bicyclic) bond motifs is 1. The van der Waals surface area contributed by atoms with Crippen molar-refractivity contribution in [1.29, 1.82) is 0 Å². The summed E-state index contributed by atoms with van der Waals surface area (Å²) in [4.78, 5) is 0.567. The molecule has 0 saturated carbocycles. The van der Waals surface area contributed by atoms with Gasteiger partial charge in [-0.05, 0) is 42.5 Å². The van der Waals surface area contributed by atoms with E-state index >= 15 is 0 Å². The molecule has 0 spiro atoms. The Labute approximate surface area is 117 Å². The lowest BCUT2D eigenvalue weighted by molar-refractivity contribution is 0.258. The molecule has 2 aromatic carbocycles. The quantitative estimate of drug-likeness (QED) is 0.869. The van der Waals surface area contributed by atoms with Crippen molar-refractivity contribution in [2.75, 3.05) is 5.75 Å². The van der Waals surface area contributed by atoms with E-state index in [1.165, 1.54) is 36.4 Å². The Kier molecular flexibility index (Phi) is 3.53.